The lowest BCUT2D eigenvalue weighted by Crippen LogP contribution is -2.42. The summed E-state index contributed by atoms with van der Waals surface area (Å²) in [6.45, 7) is 9.21. The molecule has 0 saturated heterocycles. The second-order valence-corrected chi connectivity index (χ2v) is 10.7. The number of rotatable bonds is 9. The van der Waals surface area contributed by atoms with Crippen LogP contribution in [-0.2, 0) is 4.79 Å². The minimum absolute atomic E-state index is 0.0848. The molecule has 0 amide bonds. The van der Waals surface area contributed by atoms with E-state index in [1.165, 1.54) is 6.42 Å². The van der Waals surface area contributed by atoms with E-state index in [9.17, 15) is 20.1 Å². The van der Waals surface area contributed by atoms with Crippen LogP contribution in [0, 0.1) is 23.2 Å². The molecule has 2 saturated carbocycles. The summed E-state index contributed by atoms with van der Waals surface area (Å²) in [6.07, 6.45) is 9.15. The summed E-state index contributed by atoms with van der Waals surface area (Å²) >= 11 is 0. The molecule has 3 unspecified atom stereocenters. The van der Waals surface area contributed by atoms with Crippen molar-refractivity contribution in [3.05, 3.63) is 0 Å². The molecule has 158 valence electrons. The van der Waals surface area contributed by atoms with Crippen LogP contribution in [0.5, 0.6) is 0 Å². The molecule has 2 aliphatic carbocycles. The van der Waals surface area contributed by atoms with Gasteiger partial charge in [-0.2, -0.15) is 0 Å². The third kappa shape index (κ3) is 5.77. The minimum Gasteiger partial charge on any atom is -0.393 e. The lowest BCUT2D eigenvalue weighted by Gasteiger charge is -2.46. The second kappa shape index (κ2) is 8.51. The number of hydrogen-bond acceptors (Lipinski definition) is 4. The molecule has 0 radical (unpaired) electrons. The van der Waals surface area contributed by atoms with Crippen LogP contribution in [0.2, 0.25) is 0 Å². The number of ketones is 1. The highest BCUT2D eigenvalue weighted by Crippen LogP contribution is 2.59. The summed E-state index contributed by atoms with van der Waals surface area (Å²) in [5.41, 5.74) is -1.76. The average Bonchev–Trinajstić information content (AvgIpc) is 2.86. The van der Waals surface area contributed by atoms with E-state index in [4.69, 9.17) is 0 Å². The van der Waals surface area contributed by atoms with Gasteiger partial charge in [0, 0.05) is 6.42 Å². The number of carbonyl (C=O) groups excluding carboxylic acids is 1. The van der Waals surface area contributed by atoms with E-state index in [1.54, 1.807) is 13.8 Å². The van der Waals surface area contributed by atoms with Gasteiger partial charge in [0.2, 0.25) is 0 Å². The highest BCUT2D eigenvalue weighted by atomic mass is 16.3. The molecule has 3 N–H and O–H groups in total. The van der Waals surface area contributed by atoms with Crippen LogP contribution in [0.3, 0.4) is 0 Å². The van der Waals surface area contributed by atoms with Crippen molar-refractivity contribution >= 4 is 5.78 Å². The van der Waals surface area contributed by atoms with Crippen molar-refractivity contribution in [1.82, 2.24) is 0 Å². The molecule has 4 heteroatoms. The van der Waals surface area contributed by atoms with E-state index >= 15 is 0 Å². The summed E-state index contributed by atoms with van der Waals surface area (Å²) in [5, 5.41) is 30.6. The molecular weight excluding hydrogens is 340 g/mol. The molecule has 0 aromatic heterocycles. The fraction of sp³-hybridized carbons (Fsp3) is 0.957. The normalized spacial score (nSPS) is 33.0. The SMILES string of the molecule is CC(C)(O)CCCC(CCC(=O)C(C)(C)O)C1CCC2[C@@H](O)CCC[C@]12C. The minimum atomic E-state index is -1.26. The van der Waals surface area contributed by atoms with Crippen LogP contribution in [0.1, 0.15) is 98.8 Å². The van der Waals surface area contributed by atoms with E-state index in [-0.39, 0.29) is 17.3 Å². The van der Waals surface area contributed by atoms with Gasteiger partial charge >= 0.3 is 0 Å². The first kappa shape index (κ1) is 22.8. The van der Waals surface area contributed by atoms with Crippen molar-refractivity contribution in [2.45, 2.75) is 116 Å². The van der Waals surface area contributed by atoms with Gasteiger partial charge in [0.1, 0.15) is 5.60 Å². The van der Waals surface area contributed by atoms with E-state index in [0.717, 1.165) is 51.4 Å². The number of aliphatic hydroxyl groups is 3. The van der Waals surface area contributed by atoms with E-state index < -0.39 is 11.2 Å². The average molecular weight is 383 g/mol. The monoisotopic (exact) mass is 382 g/mol. The van der Waals surface area contributed by atoms with Gasteiger partial charge in [-0.3, -0.25) is 4.79 Å². The second-order valence-electron chi connectivity index (χ2n) is 10.7. The Labute approximate surface area is 165 Å². The zero-order chi connectivity index (χ0) is 20.5. The highest BCUT2D eigenvalue weighted by Gasteiger charge is 2.52. The van der Waals surface area contributed by atoms with Gasteiger partial charge in [0.15, 0.2) is 5.78 Å². The van der Waals surface area contributed by atoms with Gasteiger partial charge in [-0.05, 0) is 89.4 Å². The molecular formula is C23H42O4. The van der Waals surface area contributed by atoms with Crippen molar-refractivity contribution in [2.24, 2.45) is 23.2 Å². The first-order chi connectivity index (χ1) is 12.3. The quantitative estimate of drug-likeness (QED) is 0.557. The smallest absolute Gasteiger partial charge is 0.163 e. The van der Waals surface area contributed by atoms with Gasteiger partial charge in [-0.25, -0.2) is 0 Å². The van der Waals surface area contributed by atoms with Crippen molar-refractivity contribution in [3.8, 4) is 0 Å². The lowest BCUT2D eigenvalue weighted by atomic mass is 9.60. The van der Waals surface area contributed by atoms with Crippen molar-refractivity contribution in [3.63, 3.8) is 0 Å². The van der Waals surface area contributed by atoms with Crippen molar-refractivity contribution < 1.29 is 20.1 Å². The number of hydrogen-bond donors (Lipinski definition) is 3. The number of carbonyl (C=O) groups is 1. The molecule has 0 heterocycles. The molecule has 2 fully saturated rings. The van der Waals surface area contributed by atoms with Gasteiger partial charge in [0.05, 0.1) is 11.7 Å². The van der Waals surface area contributed by atoms with Crippen molar-refractivity contribution in [2.75, 3.05) is 0 Å². The summed E-state index contributed by atoms with van der Waals surface area (Å²) < 4.78 is 0. The summed E-state index contributed by atoms with van der Waals surface area (Å²) in [6, 6.07) is 0. The maximum atomic E-state index is 12.3. The fourth-order valence-corrected chi connectivity index (χ4v) is 5.93. The number of Topliss-reactive ketones (excluding diaryl/α,β-unsaturated/α-hetero) is 1. The van der Waals surface area contributed by atoms with Gasteiger partial charge in [-0.15, -0.1) is 0 Å². The first-order valence-corrected chi connectivity index (χ1v) is 11.0. The topological polar surface area (TPSA) is 77.8 Å². The third-order valence-corrected chi connectivity index (χ3v) is 7.52. The molecule has 0 aromatic carbocycles. The largest absolute Gasteiger partial charge is 0.393 e. The molecule has 2 aliphatic rings. The molecule has 5 atom stereocenters. The maximum absolute atomic E-state index is 12.3. The Bertz CT molecular complexity index is 501. The summed E-state index contributed by atoms with van der Waals surface area (Å²) in [4.78, 5) is 12.3. The zero-order valence-electron chi connectivity index (χ0n) is 18.1. The Morgan fingerprint density at radius 1 is 1.11 bits per heavy atom. The van der Waals surface area contributed by atoms with Crippen LogP contribution in [-0.4, -0.2) is 38.4 Å². The highest BCUT2D eigenvalue weighted by molar-refractivity contribution is 5.86. The maximum Gasteiger partial charge on any atom is 0.163 e. The predicted octanol–water partition coefficient (Wildman–Crippen LogP) is 4.24. The van der Waals surface area contributed by atoms with E-state index in [2.05, 4.69) is 6.92 Å². The zero-order valence-corrected chi connectivity index (χ0v) is 18.1. The van der Waals surface area contributed by atoms with Crippen LogP contribution < -0.4 is 0 Å². The van der Waals surface area contributed by atoms with Gasteiger partial charge < -0.3 is 15.3 Å². The Hall–Kier alpha value is -0.450. The van der Waals surface area contributed by atoms with Crippen molar-refractivity contribution in [1.29, 1.82) is 0 Å². The van der Waals surface area contributed by atoms with Gasteiger partial charge in [0.25, 0.3) is 0 Å². The first-order valence-electron chi connectivity index (χ1n) is 11.0. The summed E-state index contributed by atoms with van der Waals surface area (Å²) in [5.74, 6) is 1.24. The standard InChI is InChI=1S/C23H42O4/c1-21(2,26)14-6-8-16(10-13-20(25)22(3,4)27)17-11-12-18-19(24)9-7-15-23(17,18)5/h16-19,24,26-27H,6-15H2,1-5H3/t16?,17?,18?,19-,23+/m0/s1. The molecule has 0 aromatic rings. The molecule has 4 nitrogen and oxygen atoms in total. The molecule has 0 spiro atoms. The number of fused-ring (bicyclic) bond motifs is 1. The van der Waals surface area contributed by atoms with E-state index in [0.29, 0.717) is 24.2 Å². The van der Waals surface area contributed by atoms with Crippen LogP contribution >= 0.6 is 0 Å². The molecule has 0 bridgehead atoms. The lowest BCUT2D eigenvalue weighted by molar-refractivity contribution is -0.134. The van der Waals surface area contributed by atoms with Crippen LogP contribution in [0.25, 0.3) is 0 Å². The molecule has 0 aliphatic heterocycles. The molecule has 27 heavy (non-hydrogen) atoms. The van der Waals surface area contributed by atoms with E-state index in [1.807, 2.05) is 13.8 Å². The summed E-state index contributed by atoms with van der Waals surface area (Å²) in [7, 11) is 0. The third-order valence-electron chi connectivity index (χ3n) is 7.52. The number of aliphatic hydroxyl groups excluding tert-OH is 1. The fourth-order valence-electron chi connectivity index (χ4n) is 5.93. The predicted molar refractivity (Wildman–Crippen MR) is 108 cm³/mol. The van der Waals surface area contributed by atoms with Gasteiger partial charge in [-0.1, -0.05) is 26.2 Å². The Morgan fingerprint density at radius 2 is 1.78 bits per heavy atom. The Kier molecular flexibility index (Phi) is 7.19. The van der Waals surface area contributed by atoms with Crippen LogP contribution in [0.15, 0.2) is 0 Å². The van der Waals surface area contributed by atoms with Crippen LogP contribution in [0.4, 0.5) is 0 Å². The molecule has 2 rings (SSSR count). The Morgan fingerprint density at radius 3 is 2.37 bits per heavy atom. The Balaban J connectivity index is 2.09.